The number of aromatic nitrogens is 1. The minimum atomic E-state index is -3.94. The molecule has 1 aromatic carbocycles. The molecule has 2 aromatic rings. The first-order valence-electron chi connectivity index (χ1n) is 7.58. The molecule has 0 saturated heterocycles. The zero-order valence-electron chi connectivity index (χ0n) is 14.0. The zero-order chi connectivity index (χ0) is 17.7. The summed E-state index contributed by atoms with van der Waals surface area (Å²) >= 11 is 3.38. The third kappa shape index (κ3) is 4.95. The van der Waals surface area contributed by atoms with E-state index >= 15 is 0 Å². The first-order valence-corrected chi connectivity index (χ1v) is 11.2. The monoisotopic (exact) mass is 388 g/mol. The van der Waals surface area contributed by atoms with Gasteiger partial charge in [0, 0.05) is 12.5 Å². The lowest BCUT2D eigenvalue weighted by molar-refractivity contribution is -0.668. The minimum absolute atomic E-state index is 0.242. The molecule has 1 heterocycles. The minimum Gasteiger partial charge on any atom is -0.497 e. The Balaban J connectivity index is 2.46. The van der Waals surface area contributed by atoms with E-state index in [-0.39, 0.29) is 5.75 Å². The lowest BCUT2D eigenvalue weighted by atomic mass is 10.3. The number of thioether (sulfide) groups is 1. The van der Waals surface area contributed by atoms with E-state index in [1.165, 1.54) is 4.91 Å². The van der Waals surface area contributed by atoms with Gasteiger partial charge in [0.05, 0.1) is 18.9 Å². The summed E-state index contributed by atoms with van der Waals surface area (Å²) in [7, 11) is -2.32. The molecule has 0 spiro atoms. The zero-order valence-corrected chi connectivity index (χ0v) is 16.4. The van der Waals surface area contributed by atoms with Crippen LogP contribution < -0.4 is 9.30 Å². The Labute approximate surface area is 151 Å². The maximum absolute atomic E-state index is 11.0. The highest BCUT2D eigenvalue weighted by atomic mass is 32.2. The van der Waals surface area contributed by atoms with Gasteiger partial charge in [-0.15, -0.1) is 11.8 Å². The second kappa shape index (κ2) is 8.33. The molecule has 0 aliphatic heterocycles. The number of ether oxygens (including phenoxy) is 1. The summed E-state index contributed by atoms with van der Waals surface area (Å²) < 4.78 is 39.5. The molecule has 8 heteroatoms. The van der Waals surface area contributed by atoms with Gasteiger partial charge in [0.2, 0.25) is 5.52 Å². The summed E-state index contributed by atoms with van der Waals surface area (Å²) in [6, 6.07) is 5.89. The van der Waals surface area contributed by atoms with Crippen LogP contribution in [-0.4, -0.2) is 32.1 Å². The number of methoxy groups -OCH3 is 1. The number of rotatable bonds is 8. The predicted molar refractivity (Wildman–Crippen MR) is 101 cm³/mol. The van der Waals surface area contributed by atoms with Gasteiger partial charge in [0.25, 0.3) is 15.1 Å². The fraction of sp³-hybridized carbons (Fsp3) is 0.438. The van der Waals surface area contributed by atoms with Crippen molar-refractivity contribution in [2.24, 2.45) is 0 Å². The van der Waals surface area contributed by atoms with Crippen LogP contribution in [0.4, 0.5) is 0 Å². The molecule has 0 fully saturated rings. The molecule has 1 N–H and O–H groups in total. The van der Waals surface area contributed by atoms with Gasteiger partial charge in [-0.2, -0.15) is 13.0 Å². The Bertz CT molecular complexity index is 834. The van der Waals surface area contributed by atoms with Crippen LogP contribution in [0.1, 0.15) is 24.8 Å². The van der Waals surface area contributed by atoms with E-state index in [2.05, 4.69) is 17.6 Å². The molecule has 1 aromatic heterocycles. The van der Waals surface area contributed by atoms with Crippen LogP contribution in [-0.2, 0) is 16.7 Å². The van der Waals surface area contributed by atoms with Gasteiger partial charge in [-0.05, 0) is 29.7 Å². The summed E-state index contributed by atoms with van der Waals surface area (Å²) in [6.07, 6.45) is 5.50. The average Bonchev–Trinajstić information content (AvgIpc) is 2.88. The highest BCUT2D eigenvalue weighted by Gasteiger charge is 2.21. The van der Waals surface area contributed by atoms with Gasteiger partial charge < -0.3 is 4.74 Å². The fourth-order valence-electron chi connectivity index (χ4n) is 2.39. The number of allylic oxidation sites excluding steroid dienone is 1. The van der Waals surface area contributed by atoms with Gasteiger partial charge in [-0.25, -0.2) is 0 Å². The van der Waals surface area contributed by atoms with Crippen molar-refractivity contribution in [2.45, 2.75) is 26.3 Å². The maximum atomic E-state index is 11.0. The summed E-state index contributed by atoms with van der Waals surface area (Å²) in [4.78, 5) is 1.26. The van der Waals surface area contributed by atoms with E-state index in [0.717, 1.165) is 27.4 Å². The van der Waals surface area contributed by atoms with Crippen molar-refractivity contribution in [3.63, 3.8) is 0 Å². The molecule has 0 saturated carbocycles. The van der Waals surface area contributed by atoms with Crippen molar-refractivity contribution >= 4 is 49.5 Å². The van der Waals surface area contributed by atoms with Crippen molar-refractivity contribution in [3.8, 4) is 5.75 Å². The van der Waals surface area contributed by atoms with E-state index in [9.17, 15) is 8.42 Å². The molecule has 0 aliphatic rings. The van der Waals surface area contributed by atoms with Gasteiger partial charge in [0.15, 0.2) is 6.54 Å². The molecule has 2 rings (SSSR count). The molecule has 0 radical (unpaired) electrons. The number of aryl methyl sites for hydroxylation is 1. The fourth-order valence-corrected chi connectivity index (χ4v) is 4.62. The molecule has 5 nitrogen and oxygen atoms in total. The largest absolute Gasteiger partial charge is 0.497 e. The van der Waals surface area contributed by atoms with Gasteiger partial charge in [0.1, 0.15) is 10.4 Å². The maximum Gasteiger partial charge on any atom is 0.265 e. The number of hydrogen-bond acceptors (Lipinski definition) is 5. The van der Waals surface area contributed by atoms with Crippen LogP contribution in [0.5, 0.6) is 5.75 Å². The summed E-state index contributed by atoms with van der Waals surface area (Å²) in [5, 5.41) is 1.07. The molecular weight excluding hydrogens is 366 g/mol. The van der Waals surface area contributed by atoms with Crippen molar-refractivity contribution in [2.75, 3.05) is 19.1 Å². The van der Waals surface area contributed by atoms with Crippen LogP contribution in [0.2, 0.25) is 0 Å². The first kappa shape index (κ1) is 19.2. The molecule has 0 unspecified atom stereocenters. The molecule has 24 heavy (non-hydrogen) atoms. The summed E-state index contributed by atoms with van der Waals surface area (Å²) in [5.74, 6) is 0.521. The standard InChI is InChI=1S/C16H21NO4S3/c1-4-13(22-3)11-16-17(8-5-9-24(18,19)20)14-10-12(21-2)6-7-15(14)23-16/h6-7,10-11H,4-5,8-9H2,1-3H3/p+1/b13-11+. The Hall–Kier alpha value is -1.09. The second-order valence-corrected chi connectivity index (χ2v) is 8.80. The second-order valence-electron chi connectivity index (χ2n) is 5.23. The van der Waals surface area contributed by atoms with Crippen LogP contribution in [0.3, 0.4) is 0 Å². The number of hydrogen-bond donors (Lipinski definition) is 1. The van der Waals surface area contributed by atoms with Gasteiger partial charge in [-0.3, -0.25) is 4.55 Å². The summed E-state index contributed by atoms with van der Waals surface area (Å²) in [5.41, 5.74) is 1.01. The smallest absolute Gasteiger partial charge is 0.265 e. The van der Waals surface area contributed by atoms with Crippen molar-refractivity contribution in [1.82, 2.24) is 0 Å². The normalized spacial score (nSPS) is 12.8. The number of benzene rings is 1. The number of thiazole rings is 1. The number of fused-ring (bicyclic) bond motifs is 1. The molecule has 0 aliphatic carbocycles. The highest BCUT2D eigenvalue weighted by molar-refractivity contribution is 8.02. The molecule has 0 amide bonds. The first-order chi connectivity index (χ1) is 11.4. The Morgan fingerprint density at radius 2 is 2.21 bits per heavy atom. The quantitative estimate of drug-likeness (QED) is 0.553. The molecule has 0 atom stereocenters. The van der Waals surface area contributed by atoms with Crippen molar-refractivity contribution in [3.05, 3.63) is 28.1 Å². The van der Waals surface area contributed by atoms with E-state index < -0.39 is 10.1 Å². The van der Waals surface area contributed by atoms with Crippen LogP contribution >= 0.6 is 23.1 Å². The van der Waals surface area contributed by atoms with Gasteiger partial charge in [-0.1, -0.05) is 18.3 Å². The van der Waals surface area contributed by atoms with Crippen LogP contribution in [0.15, 0.2) is 23.1 Å². The Kier molecular flexibility index (Phi) is 6.68. The SMILES string of the molecule is CC/C(=C\c1sc2ccc(OC)cc2[n+]1CCCS(=O)(=O)O)SC. The molecule has 132 valence electrons. The van der Waals surface area contributed by atoms with E-state index in [4.69, 9.17) is 9.29 Å². The molecular formula is C16H22NO4S3+. The predicted octanol–water partition coefficient (Wildman–Crippen LogP) is 3.59. The van der Waals surface area contributed by atoms with Crippen LogP contribution in [0, 0.1) is 0 Å². The van der Waals surface area contributed by atoms with Crippen molar-refractivity contribution in [1.29, 1.82) is 0 Å². The average molecular weight is 389 g/mol. The third-order valence-electron chi connectivity index (χ3n) is 3.62. The lowest BCUT2D eigenvalue weighted by Crippen LogP contribution is -2.36. The highest BCUT2D eigenvalue weighted by Crippen LogP contribution is 2.28. The van der Waals surface area contributed by atoms with Gasteiger partial charge >= 0.3 is 0 Å². The van der Waals surface area contributed by atoms with Crippen molar-refractivity contribution < 1.29 is 22.3 Å². The Morgan fingerprint density at radius 3 is 2.79 bits per heavy atom. The van der Waals surface area contributed by atoms with E-state index in [1.807, 2.05) is 24.5 Å². The van der Waals surface area contributed by atoms with E-state index in [0.29, 0.717) is 13.0 Å². The summed E-state index contributed by atoms with van der Waals surface area (Å²) in [6.45, 7) is 2.63. The Morgan fingerprint density at radius 1 is 1.46 bits per heavy atom. The third-order valence-corrected chi connectivity index (χ3v) is 6.46. The van der Waals surface area contributed by atoms with E-state index in [1.54, 1.807) is 30.2 Å². The van der Waals surface area contributed by atoms with Crippen LogP contribution in [0.25, 0.3) is 16.3 Å². The number of nitrogens with zero attached hydrogens (tertiary/aromatic N) is 1. The lowest BCUT2D eigenvalue weighted by Gasteiger charge is -2.01. The molecule has 0 bridgehead atoms. The topological polar surface area (TPSA) is 67.5 Å².